The van der Waals surface area contributed by atoms with Gasteiger partial charge in [0.15, 0.2) is 0 Å². The molecule has 0 aromatic heterocycles. The Hall–Kier alpha value is -1.17. The quantitative estimate of drug-likeness (QED) is 0.608. The van der Waals surface area contributed by atoms with Crippen LogP contribution in [0.3, 0.4) is 0 Å². The van der Waals surface area contributed by atoms with E-state index in [0.29, 0.717) is 6.54 Å². The van der Waals surface area contributed by atoms with Crippen LogP contribution in [0.5, 0.6) is 0 Å². The largest absolute Gasteiger partial charge is 0.381 e. The predicted molar refractivity (Wildman–Crippen MR) is 116 cm³/mol. The summed E-state index contributed by atoms with van der Waals surface area (Å²) in [5.74, 6) is 0.0489. The van der Waals surface area contributed by atoms with Gasteiger partial charge in [-0.25, -0.2) is 0 Å². The van der Waals surface area contributed by atoms with E-state index in [2.05, 4.69) is 61.4 Å². The van der Waals surface area contributed by atoms with Crippen molar-refractivity contribution in [3.8, 4) is 0 Å². The molecule has 1 aliphatic heterocycles. The van der Waals surface area contributed by atoms with Crippen LogP contribution in [-0.2, 0) is 20.4 Å². The minimum absolute atomic E-state index is 0.0489. The minimum atomic E-state index is -0.591. The van der Waals surface area contributed by atoms with Crippen molar-refractivity contribution in [3.63, 3.8) is 0 Å². The van der Waals surface area contributed by atoms with Crippen molar-refractivity contribution in [2.45, 2.75) is 37.5 Å². The first kappa shape index (κ1) is 20.6. The van der Waals surface area contributed by atoms with E-state index in [1.165, 1.54) is 5.56 Å². The number of hydrogen-bond acceptors (Lipinski definition) is 2. The van der Waals surface area contributed by atoms with Crippen LogP contribution in [0.2, 0.25) is 0 Å². The standard InChI is InChI=1S/C22H25Br2NO2/c1-21(2,16-3-7-18(23)8-4-16)20(26)25-15-22(11-13-27-14-12-22)17-5-9-19(24)10-6-17/h3-10H,11-15H2,1-2H3,(H,25,26). The monoisotopic (exact) mass is 493 g/mol. The molecule has 0 bridgehead atoms. The molecule has 1 saturated heterocycles. The third-order valence-electron chi connectivity index (χ3n) is 5.63. The topological polar surface area (TPSA) is 38.3 Å². The van der Waals surface area contributed by atoms with Gasteiger partial charge in [0, 0.05) is 34.1 Å². The van der Waals surface area contributed by atoms with Gasteiger partial charge in [-0.1, -0.05) is 56.1 Å². The van der Waals surface area contributed by atoms with E-state index in [0.717, 1.165) is 40.6 Å². The van der Waals surface area contributed by atoms with E-state index in [1.54, 1.807) is 0 Å². The van der Waals surface area contributed by atoms with Gasteiger partial charge in [-0.3, -0.25) is 4.79 Å². The molecule has 0 spiro atoms. The molecule has 1 fully saturated rings. The molecule has 3 rings (SSSR count). The van der Waals surface area contributed by atoms with Gasteiger partial charge in [-0.2, -0.15) is 0 Å². The Kier molecular flexibility index (Phi) is 6.44. The van der Waals surface area contributed by atoms with E-state index in [4.69, 9.17) is 4.74 Å². The molecule has 144 valence electrons. The average Bonchev–Trinajstić information content (AvgIpc) is 2.67. The summed E-state index contributed by atoms with van der Waals surface area (Å²) in [4.78, 5) is 13.1. The van der Waals surface area contributed by atoms with Gasteiger partial charge in [0.2, 0.25) is 5.91 Å². The summed E-state index contributed by atoms with van der Waals surface area (Å²) < 4.78 is 7.67. The number of rotatable bonds is 5. The minimum Gasteiger partial charge on any atom is -0.381 e. The molecule has 2 aromatic carbocycles. The van der Waals surface area contributed by atoms with Crippen molar-refractivity contribution >= 4 is 37.8 Å². The Balaban J connectivity index is 1.77. The van der Waals surface area contributed by atoms with Crippen LogP contribution in [0.15, 0.2) is 57.5 Å². The Morgan fingerprint density at radius 3 is 2.07 bits per heavy atom. The molecule has 1 amide bonds. The molecule has 0 radical (unpaired) electrons. The summed E-state index contributed by atoms with van der Waals surface area (Å²) in [6.45, 7) is 6.02. The lowest BCUT2D eigenvalue weighted by Gasteiger charge is -2.39. The van der Waals surface area contributed by atoms with Crippen LogP contribution in [0.25, 0.3) is 0 Å². The zero-order chi connectivity index (χ0) is 19.5. The maximum absolute atomic E-state index is 13.1. The predicted octanol–water partition coefficient (Wildman–Crippen LogP) is 5.35. The lowest BCUT2D eigenvalue weighted by atomic mass is 9.73. The Morgan fingerprint density at radius 1 is 1.00 bits per heavy atom. The van der Waals surface area contributed by atoms with Crippen LogP contribution in [-0.4, -0.2) is 25.7 Å². The molecule has 2 aromatic rings. The molecule has 0 atom stereocenters. The van der Waals surface area contributed by atoms with Crippen LogP contribution in [0.1, 0.15) is 37.8 Å². The molecule has 3 nitrogen and oxygen atoms in total. The van der Waals surface area contributed by atoms with Gasteiger partial charge in [-0.05, 0) is 62.1 Å². The summed E-state index contributed by atoms with van der Waals surface area (Å²) in [5.41, 5.74) is 1.60. The second kappa shape index (κ2) is 8.46. The first-order valence-corrected chi connectivity index (χ1v) is 10.8. The van der Waals surface area contributed by atoms with Crippen molar-refractivity contribution in [2.24, 2.45) is 0 Å². The van der Waals surface area contributed by atoms with E-state index in [9.17, 15) is 4.79 Å². The molecule has 1 aliphatic rings. The number of halogens is 2. The van der Waals surface area contributed by atoms with Crippen molar-refractivity contribution in [3.05, 3.63) is 68.6 Å². The van der Waals surface area contributed by atoms with E-state index in [-0.39, 0.29) is 11.3 Å². The number of amides is 1. The molecule has 0 saturated carbocycles. The highest BCUT2D eigenvalue weighted by Gasteiger charge is 2.37. The third kappa shape index (κ3) is 4.64. The number of carbonyl (C=O) groups excluding carboxylic acids is 1. The maximum atomic E-state index is 13.1. The zero-order valence-electron chi connectivity index (χ0n) is 15.7. The van der Waals surface area contributed by atoms with E-state index in [1.807, 2.05) is 38.1 Å². The summed E-state index contributed by atoms with van der Waals surface area (Å²) in [6, 6.07) is 16.4. The Labute approximate surface area is 178 Å². The summed E-state index contributed by atoms with van der Waals surface area (Å²) in [6.07, 6.45) is 1.82. The highest BCUT2D eigenvalue weighted by Crippen LogP contribution is 2.35. The summed E-state index contributed by atoms with van der Waals surface area (Å²) in [5, 5.41) is 3.24. The molecule has 1 N–H and O–H groups in total. The van der Waals surface area contributed by atoms with Crippen LogP contribution in [0.4, 0.5) is 0 Å². The smallest absolute Gasteiger partial charge is 0.230 e. The van der Waals surface area contributed by atoms with Gasteiger partial charge >= 0.3 is 0 Å². The number of nitrogens with one attached hydrogen (secondary N) is 1. The van der Waals surface area contributed by atoms with Gasteiger partial charge in [0.1, 0.15) is 0 Å². The molecule has 1 heterocycles. The lowest BCUT2D eigenvalue weighted by Crippen LogP contribution is -2.48. The van der Waals surface area contributed by atoms with Crippen molar-refractivity contribution < 1.29 is 9.53 Å². The molecule has 0 aliphatic carbocycles. The van der Waals surface area contributed by atoms with Gasteiger partial charge < -0.3 is 10.1 Å². The fourth-order valence-electron chi connectivity index (χ4n) is 3.60. The van der Waals surface area contributed by atoms with Crippen molar-refractivity contribution in [1.82, 2.24) is 5.32 Å². The maximum Gasteiger partial charge on any atom is 0.230 e. The van der Waals surface area contributed by atoms with Gasteiger partial charge in [-0.15, -0.1) is 0 Å². The molecule has 0 unspecified atom stereocenters. The Morgan fingerprint density at radius 2 is 1.52 bits per heavy atom. The summed E-state index contributed by atoms with van der Waals surface area (Å²) in [7, 11) is 0. The van der Waals surface area contributed by atoms with Crippen LogP contribution < -0.4 is 5.32 Å². The first-order valence-electron chi connectivity index (χ1n) is 9.22. The second-order valence-corrected chi connectivity index (χ2v) is 9.55. The van der Waals surface area contributed by atoms with Gasteiger partial charge in [0.25, 0.3) is 0 Å². The number of benzene rings is 2. The van der Waals surface area contributed by atoms with Gasteiger partial charge in [0.05, 0.1) is 5.41 Å². The third-order valence-corrected chi connectivity index (χ3v) is 6.68. The fraction of sp³-hybridized carbons (Fsp3) is 0.409. The number of hydrogen-bond donors (Lipinski definition) is 1. The van der Waals surface area contributed by atoms with Crippen molar-refractivity contribution in [2.75, 3.05) is 19.8 Å². The van der Waals surface area contributed by atoms with Crippen molar-refractivity contribution in [1.29, 1.82) is 0 Å². The Bertz CT molecular complexity index is 779. The number of carbonyl (C=O) groups is 1. The lowest BCUT2D eigenvalue weighted by molar-refractivity contribution is -0.126. The van der Waals surface area contributed by atoms with Crippen LogP contribution >= 0.6 is 31.9 Å². The molecular weight excluding hydrogens is 470 g/mol. The van der Waals surface area contributed by atoms with E-state index < -0.39 is 5.41 Å². The molecule has 27 heavy (non-hydrogen) atoms. The van der Waals surface area contributed by atoms with Crippen LogP contribution in [0, 0.1) is 0 Å². The average molecular weight is 495 g/mol. The fourth-order valence-corrected chi connectivity index (χ4v) is 4.13. The molecule has 5 heteroatoms. The highest BCUT2D eigenvalue weighted by molar-refractivity contribution is 9.10. The second-order valence-electron chi connectivity index (χ2n) is 7.71. The first-order chi connectivity index (χ1) is 12.8. The van der Waals surface area contributed by atoms with E-state index >= 15 is 0 Å². The molecular formula is C22H25Br2NO2. The SMILES string of the molecule is CC(C)(C(=O)NCC1(c2ccc(Br)cc2)CCOCC1)c1ccc(Br)cc1. The normalized spacial score (nSPS) is 16.7. The zero-order valence-corrected chi connectivity index (χ0v) is 18.9. The number of ether oxygens (including phenoxy) is 1. The summed E-state index contributed by atoms with van der Waals surface area (Å²) >= 11 is 6.96. The highest BCUT2D eigenvalue weighted by atomic mass is 79.9.